The summed E-state index contributed by atoms with van der Waals surface area (Å²) in [5, 5.41) is 0. The molecule has 0 aromatic heterocycles. The van der Waals surface area contributed by atoms with E-state index in [9.17, 15) is 0 Å². The molecule has 0 nitrogen and oxygen atoms in total. The van der Waals surface area contributed by atoms with Crippen LogP contribution >= 0.6 is 0 Å². The zero-order valence-electron chi connectivity index (χ0n) is 16.2. The van der Waals surface area contributed by atoms with Gasteiger partial charge in [0.05, 0.1) is 0 Å². The van der Waals surface area contributed by atoms with Crippen LogP contribution in [0.15, 0.2) is 84.9 Å². The van der Waals surface area contributed by atoms with E-state index < -0.39 is 0 Å². The molecular formula is C26H20Y2-2. The van der Waals surface area contributed by atoms with E-state index in [4.69, 9.17) is 0 Å². The van der Waals surface area contributed by atoms with Gasteiger partial charge >= 0.3 is 0 Å². The summed E-state index contributed by atoms with van der Waals surface area (Å²) in [6.45, 7) is 4.31. The summed E-state index contributed by atoms with van der Waals surface area (Å²) in [6.07, 6.45) is 0. The molecule has 2 heteroatoms. The fraction of sp³-hybridized carbons (Fsp3) is 0.0769. The molecule has 0 saturated heterocycles. The molecule has 28 heavy (non-hydrogen) atoms. The zero-order chi connectivity index (χ0) is 17.9. The van der Waals surface area contributed by atoms with Crippen molar-refractivity contribution in [2.45, 2.75) is 13.8 Å². The van der Waals surface area contributed by atoms with Gasteiger partial charge in [0.1, 0.15) is 0 Å². The van der Waals surface area contributed by atoms with E-state index in [0.29, 0.717) is 0 Å². The normalized spacial score (nSPS) is 9.93. The standard InChI is InChI=1S/C26H20.2Y/c1-19-11-3-5-13-21(19)23-15-7-9-17-25(23)26-18-10-8-16-24(26)22-14-6-4-12-20(22)2;;/h3-16H,1-2H3;;/q-2;;. The first-order valence-corrected chi connectivity index (χ1v) is 8.89. The van der Waals surface area contributed by atoms with Crippen LogP contribution in [0.2, 0.25) is 0 Å². The Morgan fingerprint density at radius 2 is 0.821 bits per heavy atom. The molecule has 0 spiro atoms. The number of hydrogen-bond acceptors (Lipinski definition) is 0. The molecule has 0 aliphatic rings. The minimum absolute atomic E-state index is 0. The molecule has 0 saturated carbocycles. The third-order valence-electron chi connectivity index (χ3n) is 4.83. The summed E-state index contributed by atoms with van der Waals surface area (Å²) < 4.78 is 0. The molecule has 132 valence electrons. The molecule has 0 aliphatic carbocycles. The first kappa shape index (κ1) is 23.4. The van der Waals surface area contributed by atoms with Crippen molar-refractivity contribution in [1.29, 1.82) is 0 Å². The zero-order valence-corrected chi connectivity index (χ0v) is 21.9. The van der Waals surface area contributed by atoms with Crippen molar-refractivity contribution in [3.05, 3.63) is 108 Å². The Balaban J connectivity index is 0.00000140. The SMILES string of the molecule is Cc1ccccc1-c1ccc[c-]c1-c1[c-]cccc1-c1ccccc1C.[Y].[Y]. The van der Waals surface area contributed by atoms with Crippen molar-refractivity contribution < 1.29 is 65.4 Å². The molecule has 4 aromatic rings. The van der Waals surface area contributed by atoms with Crippen molar-refractivity contribution in [1.82, 2.24) is 0 Å². The van der Waals surface area contributed by atoms with Gasteiger partial charge < -0.3 is 0 Å². The van der Waals surface area contributed by atoms with E-state index in [-0.39, 0.29) is 65.4 Å². The summed E-state index contributed by atoms with van der Waals surface area (Å²) in [5.41, 5.74) is 9.61. The van der Waals surface area contributed by atoms with Crippen molar-refractivity contribution in [3.8, 4) is 33.4 Å². The smallest absolute Gasteiger partial charge is 0 e. The van der Waals surface area contributed by atoms with Crippen molar-refractivity contribution in [2.24, 2.45) is 0 Å². The molecular weight excluding hydrogens is 490 g/mol. The van der Waals surface area contributed by atoms with Crippen LogP contribution in [-0.2, 0) is 65.4 Å². The van der Waals surface area contributed by atoms with E-state index in [1.54, 1.807) is 0 Å². The van der Waals surface area contributed by atoms with Crippen LogP contribution in [0.5, 0.6) is 0 Å². The molecule has 0 N–H and O–H groups in total. The van der Waals surface area contributed by atoms with Crippen LogP contribution in [0, 0.1) is 26.0 Å². The Morgan fingerprint density at radius 3 is 1.21 bits per heavy atom. The summed E-state index contributed by atoms with van der Waals surface area (Å²) >= 11 is 0. The summed E-state index contributed by atoms with van der Waals surface area (Å²) in [5.74, 6) is 0. The second-order valence-corrected chi connectivity index (χ2v) is 6.55. The van der Waals surface area contributed by atoms with Crippen LogP contribution < -0.4 is 0 Å². The average molecular weight is 510 g/mol. The van der Waals surface area contributed by atoms with Gasteiger partial charge in [0, 0.05) is 65.4 Å². The summed E-state index contributed by atoms with van der Waals surface area (Å²) in [4.78, 5) is 0. The third-order valence-corrected chi connectivity index (χ3v) is 4.83. The van der Waals surface area contributed by atoms with Crippen LogP contribution in [0.3, 0.4) is 0 Å². The van der Waals surface area contributed by atoms with Gasteiger partial charge in [0.25, 0.3) is 0 Å². The molecule has 0 fully saturated rings. The van der Waals surface area contributed by atoms with Gasteiger partial charge in [-0.25, -0.2) is 11.1 Å². The summed E-state index contributed by atoms with van der Waals surface area (Å²) in [6, 6.07) is 36.4. The van der Waals surface area contributed by atoms with Crippen molar-refractivity contribution in [3.63, 3.8) is 0 Å². The predicted molar refractivity (Wildman–Crippen MR) is 110 cm³/mol. The number of benzene rings is 4. The number of aryl methyl sites for hydroxylation is 2. The third kappa shape index (κ3) is 4.80. The van der Waals surface area contributed by atoms with Gasteiger partial charge in [-0.15, -0.1) is 35.4 Å². The van der Waals surface area contributed by atoms with Crippen LogP contribution in [0.1, 0.15) is 11.1 Å². The topological polar surface area (TPSA) is 0 Å². The van der Waals surface area contributed by atoms with Gasteiger partial charge in [0.15, 0.2) is 0 Å². The van der Waals surface area contributed by atoms with Gasteiger partial charge in [-0.1, -0.05) is 70.8 Å². The summed E-state index contributed by atoms with van der Waals surface area (Å²) in [7, 11) is 0. The molecule has 0 aliphatic heterocycles. The van der Waals surface area contributed by atoms with Crippen molar-refractivity contribution in [2.75, 3.05) is 0 Å². The van der Waals surface area contributed by atoms with E-state index in [1.165, 1.54) is 33.4 Å². The molecule has 0 atom stereocenters. The molecule has 2 radical (unpaired) electrons. The van der Waals surface area contributed by atoms with Gasteiger partial charge in [-0.3, -0.25) is 0 Å². The second kappa shape index (κ2) is 10.7. The monoisotopic (exact) mass is 510 g/mol. The first-order chi connectivity index (χ1) is 12.8. The minimum atomic E-state index is 0. The van der Waals surface area contributed by atoms with E-state index in [0.717, 1.165) is 11.1 Å². The molecule has 0 amide bonds. The molecule has 0 unspecified atom stereocenters. The maximum absolute atomic E-state index is 3.48. The maximum atomic E-state index is 3.48. The van der Waals surface area contributed by atoms with E-state index >= 15 is 0 Å². The van der Waals surface area contributed by atoms with Gasteiger partial charge in [-0.05, 0) is 13.8 Å². The van der Waals surface area contributed by atoms with Gasteiger partial charge in [-0.2, -0.15) is 24.3 Å². The fourth-order valence-corrected chi connectivity index (χ4v) is 3.49. The quantitative estimate of drug-likeness (QED) is 0.263. The van der Waals surface area contributed by atoms with Gasteiger partial charge in [0.2, 0.25) is 0 Å². The predicted octanol–water partition coefficient (Wildman–Crippen LogP) is 6.90. The Labute approximate surface area is 218 Å². The van der Waals surface area contributed by atoms with Crippen LogP contribution in [0.4, 0.5) is 0 Å². The van der Waals surface area contributed by atoms with Crippen molar-refractivity contribution >= 4 is 0 Å². The average Bonchev–Trinajstić information content (AvgIpc) is 2.69. The Morgan fingerprint density at radius 1 is 0.464 bits per heavy atom. The Hall–Kier alpha value is -0.912. The molecule has 0 bridgehead atoms. The molecule has 0 heterocycles. The van der Waals surface area contributed by atoms with Crippen LogP contribution in [-0.4, -0.2) is 0 Å². The maximum Gasteiger partial charge on any atom is 0 e. The first-order valence-electron chi connectivity index (χ1n) is 8.89. The molecule has 4 aromatic carbocycles. The minimum Gasteiger partial charge on any atom is -0.218 e. The Bertz CT molecular complexity index is 980. The fourth-order valence-electron chi connectivity index (χ4n) is 3.49. The number of hydrogen-bond donors (Lipinski definition) is 0. The molecule has 4 rings (SSSR count). The van der Waals surface area contributed by atoms with Crippen LogP contribution in [0.25, 0.3) is 33.4 Å². The van der Waals surface area contributed by atoms with E-state index in [1.807, 2.05) is 12.1 Å². The largest absolute Gasteiger partial charge is 0.218 e. The Kier molecular flexibility index (Phi) is 8.97. The number of rotatable bonds is 3. The van der Waals surface area contributed by atoms with E-state index in [2.05, 4.69) is 98.8 Å². The second-order valence-electron chi connectivity index (χ2n) is 6.55.